The van der Waals surface area contributed by atoms with Gasteiger partial charge in [-0.2, -0.15) is 0 Å². The average molecular weight is 455 g/mol. The third-order valence-corrected chi connectivity index (χ3v) is 4.98. The van der Waals surface area contributed by atoms with Crippen LogP contribution >= 0.6 is 22.6 Å². The summed E-state index contributed by atoms with van der Waals surface area (Å²) in [5, 5.41) is 2.93. The van der Waals surface area contributed by atoms with E-state index < -0.39 is 0 Å². The van der Waals surface area contributed by atoms with Crippen LogP contribution in [-0.4, -0.2) is 27.2 Å². The van der Waals surface area contributed by atoms with Crippen LogP contribution < -0.4 is 19.5 Å². The smallest absolute Gasteiger partial charge is 0.224 e. The first-order valence-electron chi connectivity index (χ1n) is 7.83. The van der Waals surface area contributed by atoms with Gasteiger partial charge in [-0.1, -0.05) is 6.07 Å². The van der Waals surface area contributed by atoms with Gasteiger partial charge in [0.2, 0.25) is 11.7 Å². The Balaban J connectivity index is 2.04. The number of halogens is 1. The van der Waals surface area contributed by atoms with Crippen LogP contribution in [0, 0.1) is 10.5 Å². The molecule has 2 aromatic carbocycles. The van der Waals surface area contributed by atoms with Gasteiger partial charge < -0.3 is 19.5 Å². The molecule has 1 amide bonds. The van der Waals surface area contributed by atoms with Crippen LogP contribution in [-0.2, 0) is 11.2 Å². The molecule has 0 radical (unpaired) electrons. The lowest BCUT2D eigenvalue weighted by molar-refractivity contribution is -0.116. The zero-order valence-electron chi connectivity index (χ0n) is 14.8. The minimum atomic E-state index is -0.0339. The average Bonchev–Trinajstić information content (AvgIpc) is 2.62. The highest BCUT2D eigenvalue weighted by Crippen LogP contribution is 2.38. The molecule has 2 rings (SSSR count). The van der Waals surface area contributed by atoms with Crippen LogP contribution in [0.5, 0.6) is 17.2 Å². The largest absolute Gasteiger partial charge is 0.493 e. The van der Waals surface area contributed by atoms with Gasteiger partial charge in [0.25, 0.3) is 0 Å². The fourth-order valence-electron chi connectivity index (χ4n) is 2.43. The van der Waals surface area contributed by atoms with Crippen LogP contribution in [0.4, 0.5) is 5.69 Å². The fraction of sp³-hybridized carbons (Fsp3) is 0.316. The van der Waals surface area contributed by atoms with E-state index in [1.807, 2.05) is 37.3 Å². The third kappa shape index (κ3) is 5.01. The van der Waals surface area contributed by atoms with Crippen LogP contribution in [0.15, 0.2) is 30.3 Å². The van der Waals surface area contributed by atoms with Gasteiger partial charge in [-0.3, -0.25) is 4.79 Å². The number of methoxy groups -OCH3 is 3. The molecule has 0 heterocycles. The van der Waals surface area contributed by atoms with Gasteiger partial charge in [0.1, 0.15) is 0 Å². The number of benzene rings is 2. The third-order valence-electron chi connectivity index (χ3n) is 3.82. The topological polar surface area (TPSA) is 56.8 Å². The standard InChI is InChI=1S/C19H22INO4/c1-12-5-7-14(11-15(12)20)21-18(22)8-6-13-9-16(23-2)19(25-4)17(10-13)24-3/h5,7,9-11H,6,8H2,1-4H3,(H,21,22). The molecular formula is C19H22INO4. The number of aryl methyl sites for hydroxylation is 2. The van der Waals surface area contributed by atoms with E-state index >= 15 is 0 Å². The van der Waals surface area contributed by atoms with Gasteiger partial charge in [-0.25, -0.2) is 0 Å². The van der Waals surface area contributed by atoms with Crippen molar-refractivity contribution >= 4 is 34.2 Å². The van der Waals surface area contributed by atoms with Gasteiger partial charge >= 0.3 is 0 Å². The lowest BCUT2D eigenvalue weighted by Gasteiger charge is -2.14. The van der Waals surface area contributed by atoms with Crippen LogP contribution in [0.3, 0.4) is 0 Å². The summed E-state index contributed by atoms with van der Waals surface area (Å²) in [5.41, 5.74) is 2.95. The second-order valence-electron chi connectivity index (χ2n) is 5.55. The summed E-state index contributed by atoms with van der Waals surface area (Å²) < 4.78 is 17.1. The molecule has 0 saturated carbocycles. The highest BCUT2D eigenvalue weighted by molar-refractivity contribution is 14.1. The van der Waals surface area contributed by atoms with E-state index in [2.05, 4.69) is 27.9 Å². The normalized spacial score (nSPS) is 10.3. The molecule has 0 saturated heterocycles. The van der Waals surface area contributed by atoms with E-state index in [0.717, 1.165) is 14.8 Å². The Hall–Kier alpha value is -1.96. The molecular weight excluding hydrogens is 433 g/mol. The molecule has 1 N–H and O–H groups in total. The first kappa shape index (κ1) is 19.4. The van der Waals surface area contributed by atoms with Crippen molar-refractivity contribution in [2.75, 3.05) is 26.6 Å². The maximum atomic E-state index is 12.2. The fourth-order valence-corrected chi connectivity index (χ4v) is 2.95. The zero-order chi connectivity index (χ0) is 18.4. The first-order chi connectivity index (χ1) is 12.0. The molecule has 6 heteroatoms. The van der Waals surface area contributed by atoms with Gasteiger partial charge in [-0.15, -0.1) is 0 Å². The molecule has 0 bridgehead atoms. The van der Waals surface area contributed by atoms with E-state index in [-0.39, 0.29) is 5.91 Å². The highest BCUT2D eigenvalue weighted by atomic mass is 127. The predicted octanol–water partition coefficient (Wildman–Crippen LogP) is 4.20. The Morgan fingerprint density at radius 3 is 2.20 bits per heavy atom. The summed E-state index contributed by atoms with van der Waals surface area (Å²) in [7, 11) is 4.72. The Morgan fingerprint density at radius 2 is 1.68 bits per heavy atom. The molecule has 0 unspecified atom stereocenters. The number of anilines is 1. The van der Waals surface area contributed by atoms with E-state index in [1.165, 1.54) is 5.56 Å². The molecule has 0 atom stereocenters. The summed E-state index contributed by atoms with van der Waals surface area (Å²) in [6, 6.07) is 9.60. The first-order valence-corrected chi connectivity index (χ1v) is 8.91. The SMILES string of the molecule is COc1cc(CCC(=O)Nc2ccc(C)c(I)c2)cc(OC)c1OC. The van der Waals surface area contributed by atoms with Crippen molar-refractivity contribution < 1.29 is 19.0 Å². The number of ether oxygens (including phenoxy) is 3. The van der Waals surface area contributed by atoms with E-state index in [0.29, 0.717) is 30.1 Å². The second-order valence-corrected chi connectivity index (χ2v) is 6.71. The molecule has 134 valence electrons. The molecule has 0 aliphatic rings. The quantitative estimate of drug-likeness (QED) is 0.637. The van der Waals surface area contributed by atoms with Crippen LogP contribution in [0.1, 0.15) is 17.5 Å². The van der Waals surface area contributed by atoms with Gasteiger partial charge in [-0.05, 0) is 71.3 Å². The molecule has 0 spiro atoms. The number of hydrogen-bond donors (Lipinski definition) is 1. The molecule has 0 aromatic heterocycles. The Kier molecular flexibility index (Phi) is 6.92. The lowest BCUT2D eigenvalue weighted by atomic mass is 10.1. The van der Waals surface area contributed by atoms with Crippen LogP contribution in [0.25, 0.3) is 0 Å². The maximum Gasteiger partial charge on any atom is 0.224 e. The van der Waals surface area contributed by atoms with E-state index in [4.69, 9.17) is 14.2 Å². The number of hydrogen-bond acceptors (Lipinski definition) is 4. The molecule has 0 fully saturated rings. The number of carbonyl (C=O) groups excluding carboxylic acids is 1. The molecule has 0 aliphatic heterocycles. The van der Waals surface area contributed by atoms with Gasteiger partial charge in [0.15, 0.2) is 11.5 Å². The molecule has 0 aliphatic carbocycles. The highest BCUT2D eigenvalue weighted by Gasteiger charge is 2.14. The van der Waals surface area contributed by atoms with E-state index in [1.54, 1.807) is 21.3 Å². The minimum Gasteiger partial charge on any atom is -0.493 e. The summed E-state index contributed by atoms with van der Waals surface area (Å²) in [4.78, 5) is 12.2. The van der Waals surface area contributed by atoms with Crippen LogP contribution in [0.2, 0.25) is 0 Å². The van der Waals surface area contributed by atoms with Crippen molar-refractivity contribution in [3.63, 3.8) is 0 Å². The Labute approximate surface area is 161 Å². The Morgan fingerprint density at radius 1 is 1.04 bits per heavy atom. The maximum absolute atomic E-state index is 12.2. The molecule has 2 aromatic rings. The van der Waals surface area contributed by atoms with Crippen molar-refractivity contribution in [1.82, 2.24) is 0 Å². The van der Waals surface area contributed by atoms with Crippen molar-refractivity contribution in [1.29, 1.82) is 0 Å². The van der Waals surface area contributed by atoms with Gasteiger partial charge in [0.05, 0.1) is 21.3 Å². The predicted molar refractivity (Wildman–Crippen MR) is 107 cm³/mol. The molecule has 25 heavy (non-hydrogen) atoms. The van der Waals surface area contributed by atoms with Gasteiger partial charge in [0, 0.05) is 15.7 Å². The summed E-state index contributed by atoms with van der Waals surface area (Å²) in [5.74, 6) is 1.69. The number of nitrogens with one attached hydrogen (secondary N) is 1. The number of rotatable bonds is 7. The zero-order valence-corrected chi connectivity index (χ0v) is 17.0. The lowest BCUT2D eigenvalue weighted by Crippen LogP contribution is -2.12. The van der Waals surface area contributed by atoms with E-state index in [9.17, 15) is 4.79 Å². The minimum absolute atomic E-state index is 0.0339. The monoisotopic (exact) mass is 455 g/mol. The second kappa shape index (κ2) is 8.94. The summed E-state index contributed by atoms with van der Waals surface area (Å²) in [6.45, 7) is 2.04. The summed E-state index contributed by atoms with van der Waals surface area (Å²) >= 11 is 2.26. The van der Waals surface area contributed by atoms with Crippen molar-refractivity contribution in [2.24, 2.45) is 0 Å². The molecule has 5 nitrogen and oxygen atoms in total. The number of amides is 1. The Bertz CT molecular complexity index is 736. The van der Waals surface area contributed by atoms with Crippen molar-refractivity contribution in [3.05, 3.63) is 45.0 Å². The number of carbonyl (C=O) groups is 1. The van der Waals surface area contributed by atoms with Crippen molar-refractivity contribution in [3.8, 4) is 17.2 Å². The summed E-state index contributed by atoms with van der Waals surface area (Å²) in [6.07, 6.45) is 0.939. The van der Waals surface area contributed by atoms with Crippen molar-refractivity contribution in [2.45, 2.75) is 19.8 Å².